The van der Waals surface area contributed by atoms with Gasteiger partial charge in [-0.05, 0) is 19.3 Å². The molecular weight excluding hydrogens is 192 g/mol. The van der Waals surface area contributed by atoms with E-state index >= 15 is 0 Å². The summed E-state index contributed by atoms with van der Waals surface area (Å²) in [5.41, 5.74) is 0.426. The highest BCUT2D eigenvalue weighted by Crippen LogP contribution is 2.35. The van der Waals surface area contributed by atoms with E-state index in [-0.39, 0.29) is 0 Å². The van der Waals surface area contributed by atoms with Crippen LogP contribution in [-0.4, -0.2) is 23.0 Å². The Bertz CT molecular complexity index is 219. The molecule has 2 rings (SSSR count). The first-order valence-corrected chi connectivity index (χ1v) is 6.79. The lowest BCUT2D eigenvalue weighted by Crippen LogP contribution is -2.45. The van der Waals surface area contributed by atoms with Crippen molar-refractivity contribution in [1.82, 2.24) is 5.32 Å². The van der Waals surface area contributed by atoms with Crippen LogP contribution in [0.1, 0.15) is 45.4 Å². The third-order valence-corrected chi connectivity index (χ3v) is 4.35. The van der Waals surface area contributed by atoms with Gasteiger partial charge in [0.2, 0.25) is 0 Å². The van der Waals surface area contributed by atoms with Gasteiger partial charge in [0.05, 0.1) is 0 Å². The zero-order valence-electron chi connectivity index (χ0n) is 9.01. The van der Waals surface area contributed by atoms with Crippen LogP contribution in [0, 0.1) is 0 Å². The van der Waals surface area contributed by atoms with Crippen LogP contribution in [0.4, 0.5) is 0 Å². The maximum atomic E-state index is 4.56. The third-order valence-electron chi connectivity index (χ3n) is 3.15. The highest BCUT2D eigenvalue weighted by atomic mass is 32.2. The van der Waals surface area contributed by atoms with E-state index in [1.807, 2.05) is 11.8 Å². The van der Waals surface area contributed by atoms with E-state index in [1.54, 1.807) is 0 Å². The molecule has 1 heterocycles. The second-order valence-corrected chi connectivity index (χ2v) is 5.41. The Morgan fingerprint density at radius 3 is 2.86 bits per heavy atom. The van der Waals surface area contributed by atoms with Gasteiger partial charge in [-0.15, -0.1) is 0 Å². The molecule has 14 heavy (non-hydrogen) atoms. The predicted octanol–water partition coefficient (Wildman–Crippen LogP) is 2.79. The molecule has 0 aromatic carbocycles. The molecule has 0 bridgehead atoms. The molecule has 0 unspecified atom stereocenters. The SMILES string of the molecule is CCCN=C1NC2(CCCCC2)CS1. The van der Waals surface area contributed by atoms with Crippen molar-refractivity contribution in [2.75, 3.05) is 12.3 Å². The number of nitrogens with one attached hydrogen (secondary N) is 1. The van der Waals surface area contributed by atoms with Crippen LogP contribution in [0.3, 0.4) is 0 Å². The quantitative estimate of drug-likeness (QED) is 0.761. The molecule has 3 heteroatoms. The van der Waals surface area contributed by atoms with Gasteiger partial charge in [-0.25, -0.2) is 0 Å². The molecule has 0 amide bonds. The summed E-state index contributed by atoms with van der Waals surface area (Å²) < 4.78 is 0. The zero-order valence-corrected chi connectivity index (χ0v) is 9.83. The van der Waals surface area contributed by atoms with Crippen LogP contribution in [0.25, 0.3) is 0 Å². The summed E-state index contributed by atoms with van der Waals surface area (Å²) in [5, 5.41) is 4.86. The van der Waals surface area contributed by atoms with Crippen LogP contribution in [-0.2, 0) is 0 Å². The van der Waals surface area contributed by atoms with Crippen LogP contribution < -0.4 is 5.32 Å². The lowest BCUT2D eigenvalue weighted by molar-refractivity contribution is 0.303. The van der Waals surface area contributed by atoms with Gasteiger partial charge in [-0.3, -0.25) is 4.99 Å². The van der Waals surface area contributed by atoms with Crippen LogP contribution in [0.5, 0.6) is 0 Å². The lowest BCUT2D eigenvalue weighted by Gasteiger charge is -2.32. The first-order valence-electron chi connectivity index (χ1n) is 5.80. The summed E-state index contributed by atoms with van der Waals surface area (Å²) in [6.45, 7) is 3.16. The fourth-order valence-electron chi connectivity index (χ4n) is 2.30. The summed E-state index contributed by atoms with van der Waals surface area (Å²) >= 11 is 1.93. The van der Waals surface area contributed by atoms with E-state index in [2.05, 4.69) is 17.2 Å². The molecule has 0 aromatic heterocycles. The maximum Gasteiger partial charge on any atom is 0.157 e. The molecule has 1 aliphatic heterocycles. The molecular formula is C11H20N2S. The molecule has 80 valence electrons. The number of nitrogens with zero attached hydrogens (tertiary/aromatic N) is 1. The fourth-order valence-corrected chi connectivity index (χ4v) is 3.55. The van der Waals surface area contributed by atoms with Gasteiger partial charge in [0.15, 0.2) is 5.17 Å². The Morgan fingerprint density at radius 2 is 2.14 bits per heavy atom. The monoisotopic (exact) mass is 212 g/mol. The number of hydrogen-bond acceptors (Lipinski definition) is 2. The largest absolute Gasteiger partial charge is 0.359 e. The number of rotatable bonds is 2. The zero-order chi connectivity index (χ0) is 9.86. The lowest BCUT2D eigenvalue weighted by atomic mass is 9.83. The molecule has 2 fully saturated rings. The van der Waals surface area contributed by atoms with Gasteiger partial charge in [0.1, 0.15) is 0 Å². The van der Waals surface area contributed by atoms with E-state index < -0.39 is 0 Å². The molecule has 0 radical (unpaired) electrons. The van der Waals surface area contributed by atoms with Crippen LogP contribution in [0.15, 0.2) is 4.99 Å². The average molecular weight is 212 g/mol. The van der Waals surface area contributed by atoms with Crippen molar-refractivity contribution in [3.8, 4) is 0 Å². The van der Waals surface area contributed by atoms with E-state index in [9.17, 15) is 0 Å². The molecule has 2 aliphatic rings. The van der Waals surface area contributed by atoms with Crippen molar-refractivity contribution in [2.24, 2.45) is 4.99 Å². The van der Waals surface area contributed by atoms with Crippen molar-refractivity contribution in [2.45, 2.75) is 51.0 Å². The van der Waals surface area contributed by atoms with Crippen molar-refractivity contribution in [3.63, 3.8) is 0 Å². The van der Waals surface area contributed by atoms with Gasteiger partial charge >= 0.3 is 0 Å². The van der Waals surface area contributed by atoms with Gasteiger partial charge < -0.3 is 5.32 Å². The number of aliphatic imine (C=N–C) groups is 1. The van der Waals surface area contributed by atoms with E-state index in [4.69, 9.17) is 0 Å². The minimum atomic E-state index is 0.426. The Kier molecular flexibility index (Phi) is 3.37. The third kappa shape index (κ3) is 2.25. The minimum absolute atomic E-state index is 0.426. The standard InChI is InChI=1S/C11H20N2S/c1-2-8-12-10-13-11(9-14-10)6-4-3-5-7-11/h2-9H2,1H3,(H,12,13). The number of thioether (sulfide) groups is 1. The maximum absolute atomic E-state index is 4.56. The minimum Gasteiger partial charge on any atom is -0.359 e. The van der Waals surface area contributed by atoms with E-state index in [0.29, 0.717) is 5.54 Å². The van der Waals surface area contributed by atoms with Gasteiger partial charge in [0, 0.05) is 17.8 Å². The van der Waals surface area contributed by atoms with Gasteiger partial charge in [-0.1, -0.05) is 37.9 Å². The molecule has 1 saturated heterocycles. The van der Waals surface area contributed by atoms with E-state index in [1.165, 1.54) is 43.0 Å². The molecule has 0 aromatic rings. The molecule has 2 nitrogen and oxygen atoms in total. The molecule has 1 spiro atoms. The highest BCUT2D eigenvalue weighted by molar-refractivity contribution is 8.14. The first-order chi connectivity index (χ1) is 6.85. The van der Waals surface area contributed by atoms with E-state index in [0.717, 1.165) is 13.0 Å². The van der Waals surface area contributed by atoms with Crippen molar-refractivity contribution >= 4 is 16.9 Å². The van der Waals surface area contributed by atoms with Crippen LogP contribution >= 0.6 is 11.8 Å². The summed E-state index contributed by atoms with van der Waals surface area (Å²) in [4.78, 5) is 4.56. The number of hydrogen-bond donors (Lipinski definition) is 1. The smallest absolute Gasteiger partial charge is 0.157 e. The molecule has 1 N–H and O–H groups in total. The second-order valence-electron chi connectivity index (χ2n) is 4.44. The predicted molar refractivity (Wildman–Crippen MR) is 64.0 cm³/mol. The highest BCUT2D eigenvalue weighted by Gasteiger charge is 2.37. The van der Waals surface area contributed by atoms with Crippen molar-refractivity contribution < 1.29 is 0 Å². The summed E-state index contributed by atoms with van der Waals surface area (Å²) in [6, 6.07) is 0. The molecule has 1 saturated carbocycles. The van der Waals surface area contributed by atoms with Gasteiger partial charge in [-0.2, -0.15) is 0 Å². The topological polar surface area (TPSA) is 24.4 Å². The summed E-state index contributed by atoms with van der Waals surface area (Å²) in [7, 11) is 0. The fraction of sp³-hybridized carbons (Fsp3) is 0.909. The Morgan fingerprint density at radius 1 is 1.36 bits per heavy atom. The first kappa shape index (κ1) is 10.3. The Labute approximate surface area is 90.9 Å². The van der Waals surface area contributed by atoms with Crippen LogP contribution in [0.2, 0.25) is 0 Å². The number of amidine groups is 1. The molecule has 1 aliphatic carbocycles. The van der Waals surface area contributed by atoms with Gasteiger partial charge in [0.25, 0.3) is 0 Å². The average Bonchev–Trinajstić information content (AvgIpc) is 2.60. The van der Waals surface area contributed by atoms with Crippen molar-refractivity contribution in [3.05, 3.63) is 0 Å². The normalized spacial score (nSPS) is 28.2. The summed E-state index contributed by atoms with van der Waals surface area (Å²) in [5.74, 6) is 1.25. The summed E-state index contributed by atoms with van der Waals surface area (Å²) in [6.07, 6.45) is 8.08. The Hall–Kier alpha value is -0.180. The molecule has 0 atom stereocenters. The second kappa shape index (κ2) is 4.56. The Balaban J connectivity index is 1.92. The van der Waals surface area contributed by atoms with Crippen molar-refractivity contribution in [1.29, 1.82) is 0 Å².